The van der Waals surface area contributed by atoms with Crippen molar-refractivity contribution >= 4 is 17.2 Å². The lowest BCUT2D eigenvalue weighted by Crippen LogP contribution is -2.36. The molecule has 1 fully saturated rings. The van der Waals surface area contributed by atoms with Crippen LogP contribution in [0.25, 0.3) is 11.1 Å². The minimum atomic E-state index is -0.319. The topological polar surface area (TPSA) is 55.9 Å². The van der Waals surface area contributed by atoms with Crippen molar-refractivity contribution in [1.29, 1.82) is 0 Å². The molecule has 0 aliphatic carbocycles. The molecule has 156 valence electrons. The molecule has 0 spiro atoms. The second-order valence-electron chi connectivity index (χ2n) is 6.89. The highest BCUT2D eigenvalue weighted by Crippen LogP contribution is 2.34. The fourth-order valence-corrected chi connectivity index (χ4v) is 3.54. The molecule has 1 aliphatic rings. The largest absolute Gasteiger partial charge is 0.496 e. The summed E-state index contributed by atoms with van der Waals surface area (Å²) in [5, 5.41) is 3.30. The van der Waals surface area contributed by atoms with E-state index in [4.69, 9.17) is 14.2 Å². The lowest BCUT2D eigenvalue weighted by Gasteiger charge is -2.30. The Balaban J connectivity index is 1.59. The molecule has 0 bridgehead atoms. The molecule has 0 saturated carbocycles. The zero-order valence-electron chi connectivity index (χ0n) is 17.0. The highest BCUT2D eigenvalue weighted by Gasteiger charge is 2.16. The number of anilines is 3. The van der Waals surface area contributed by atoms with Gasteiger partial charge in [0.2, 0.25) is 0 Å². The first-order chi connectivity index (χ1) is 14.7. The van der Waals surface area contributed by atoms with Crippen molar-refractivity contribution in [2.45, 2.75) is 0 Å². The van der Waals surface area contributed by atoms with Gasteiger partial charge in [-0.1, -0.05) is 0 Å². The predicted octanol–water partition coefficient (Wildman–Crippen LogP) is 4.49. The first-order valence-corrected chi connectivity index (χ1v) is 9.75. The Morgan fingerprint density at radius 3 is 2.53 bits per heavy atom. The molecule has 0 amide bonds. The normalized spacial score (nSPS) is 13.8. The molecule has 0 unspecified atom stereocenters. The SMILES string of the molecule is COc1ccc(F)cc1-c1ccnc(Nc2ccc(N3CCOCC3)c(OC)c2)c1. The van der Waals surface area contributed by atoms with Crippen LogP contribution in [-0.2, 0) is 4.74 Å². The zero-order chi connectivity index (χ0) is 20.9. The maximum atomic E-state index is 13.8. The standard InChI is InChI=1S/C23H24FN3O3/c1-28-21-6-3-17(24)14-19(21)16-7-8-25-23(13-16)26-18-4-5-20(22(15-18)29-2)27-9-11-30-12-10-27/h3-8,13-15H,9-12H2,1-2H3,(H,25,26). The summed E-state index contributed by atoms with van der Waals surface area (Å²) < 4.78 is 30.2. The van der Waals surface area contributed by atoms with Crippen LogP contribution in [0.3, 0.4) is 0 Å². The number of pyridine rings is 1. The van der Waals surface area contributed by atoms with Gasteiger partial charge in [0, 0.05) is 36.6 Å². The van der Waals surface area contributed by atoms with E-state index in [1.165, 1.54) is 12.1 Å². The Morgan fingerprint density at radius 1 is 0.967 bits per heavy atom. The number of hydrogen-bond acceptors (Lipinski definition) is 6. The summed E-state index contributed by atoms with van der Waals surface area (Å²) in [6.07, 6.45) is 1.68. The smallest absolute Gasteiger partial charge is 0.144 e. The Bertz CT molecular complexity index is 1020. The number of halogens is 1. The molecule has 1 saturated heterocycles. The van der Waals surface area contributed by atoms with Crippen molar-refractivity contribution < 1.29 is 18.6 Å². The first-order valence-electron chi connectivity index (χ1n) is 9.75. The van der Waals surface area contributed by atoms with Gasteiger partial charge in [-0.3, -0.25) is 0 Å². The molecule has 3 aromatic rings. The fourth-order valence-electron chi connectivity index (χ4n) is 3.54. The Labute approximate surface area is 175 Å². The van der Waals surface area contributed by atoms with Crippen molar-refractivity contribution in [3.8, 4) is 22.6 Å². The average Bonchev–Trinajstić information content (AvgIpc) is 2.79. The van der Waals surface area contributed by atoms with Crippen molar-refractivity contribution in [2.24, 2.45) is 0 Å². The van der Waals surface area contributed by atoms with E-state index in [9.17, 15) is 4.39 Å². The van der Waals surface area contributed by atoms with E-state index in [1.807, 2.05) is 30.3 Å². The van der Waals surface area contributed by atoms with Crippen LogP contribution >= 0.6 is 0 Å². The van der Waals surface area contributed by atoms with Crippen molar-refractivity contribution in [3.05, 3.63) is 60.5 Å². The second kappa shape index (κ2) is 9.00. The van der Waals surface area contributed by atoms with Gasteiger partial charge in [-0.15, -0.1) is 0 Å². The van der Waals surface area contributed by atoms with E-state index in [0.717, 1.165) is 35.8 Å². The van der Waals surface area contributed by atoms with E-state index in [0.29, 0.717) is 30.3 Å². The van der Waals surface area contributed by atoms with Crippen LogP contribution in [0, 0.1) is 5.82 Å². The molecule has 1 N–H and O–H groups in total. The van der Waals surface area contributed by atoms with Crippen LogP contribution in [0.2, 0.25) is 0 Å². The van der Waals surface area contributed by atoms with Crippen LogP contribution in [-0.4, -0.2) is 45.5 Å². The first kappa shape index (κ1) is 20.0. The van der Waals surface area contributed by atoms with Crippen LogP contribution in [0.5, 0.6) is 11.5 Å². The molecule has 4 rings (SSSR count). The average molecular weight is 409 g/mol. The summed E-state index contributed by atoms with van der Waals surface area (Å²) in [4.78, 5) is 6.64. The summed E-state index contributed by atoms with van der Waals surface area (Å²) in [7, 11) is 3.23. The third-order valence-electron chi connectivity index (χ3n) is 5.04. The van der Waals surface area contributed by atoms with Crippen molar-refractivity contribution in [3.63, 3.8) is 0 Å². The maximum absolute atomic E-state index is 13.8. The molecular formula is C23H24FN3O3. The number of morpholine rings is 1. The maximum Gasteiger partial charge on any atom is 0.144 e. The van der Waals surface area contributed by atoms with Gasteiger partial charge in [-0.05, 0) is 48.0 Å². The monoisotopic (exact) mass is 409 g/mol. The summed E-state index contributed by atoms with van der Waals surface area (Å²) in [5.41, 5.74) is 3.36. The fraction of sp³-hybridized carbons (Fsp3) is 0.261. The van der Waals surface area contributed by atoms with Gasteiger partial charge in [-0.25, -0.2) is 9.37 Å². The highest BCUT2D eigenvalue weighted by molar-refractivity contribution is 5.74. The summed E-state index contributed by atoms with van der Waals surface area (Å²) in [5.74, 6) is 1.70. The lowest BCUT2D eigenvalue weighted by molar-refractivity contribution is 0.122. The number of methoxy groups -OCH3 is 2. The molecule has 6 nitrogen and oxygen atoms in total. The number of nitrogens with zero attached hydrogens (tertiary/aromatic N) is 2. The molecule has 0 radical (unpaired) electrons. The van der Waals surface area contributed by atoms with E-state index < -0.39 is 0 Å². The number of benzene rings is 2. The van der Waals surface area contributed by atoms with Gasteiger partial charge in [0.05, 0.1) is 33.1 Å². The summed E-state index contributed by atoms with van der Waals surface area (Å²) >= 11 is 0. The van der Waals surface area contributed by atoms with Gasteiger partial charge < -0.3 is 24.4 Å². The van der Waals surface area contributed by atoms with Crippen molar-refractivity contribution in [1.82, 2.24) is 4.98 Å². The molecule has 1 aliphatic heterocycles. The molecule has 0 atom stereocenters. The number of hydrogen-bond donors (Lipinski definition) is 1. The van der Waals surface area contributed by atoms with Crippen molar-refractivity contribution in [2.75, 3.05) is 50.7 Å². The zero-order valence-corrected chi connectivity index (χ0v) is 17.0. The number of nitrogens with one attached hydrogen (secondary N) is 1. The Hall–Kier alpha value is -3.32. The predicted molar refractivity (Wildman–Crippen MR) is 115 cm³/mol. The van der Waals surface area contributed by atoms with Crippen LogP contribution in [0.4, 0.5) is 21.6 Å². The molecule has 1 aromatic heterocycles. The number of ether oxygens (including phenoxy) is 3. The van der Waals surface area contributed by atoms with E-state index in [-0.39, 0.29) is 5.82 Å². The third-order valence-corrected chi connectivity index (χ3v) is 5.04. The minimum absolute atomic E-state index is 0.319. The lowest BCUT2D eigenvalue weighted by atomic mass is 10.1. The number of rotatable bonds is 6. The van der Waals surface area contributed by atoms with Gasteiger partial charge in [0.1, 0.15) is 23.1 Å². The molecule has 30 heavy (non-hydrogen) atoms. The van der Waals surface area contributed by atoms with Gasteiger partial charge in [0.15, 0.2) is 0 Å². The summed E-state index contributed by atoms with van der Waals surface area (Å²) in [6.45, 7) is 3.09. The van der Waals surface area contributed by atoms with Gasteiger partial charge in [-0.2, -0.15) is 0 Å². The van der Waals surface area contributed by atoms with E-state index in [1.54, 1.807) is 26.5 Å². The van der Waals surface area contributed by atoms with Crippen LogP contribution in [0.1, 0.15) is 0 Å². The highest BCUT2D eigenvalue weighted by atomic mass is 19.1. The Morgan fingerprint density at radius 2 is 1.77 bits per heavy atom. The quantitative estimate of drug-likeness (QED) is 0.648. The van der Waals surface area contributed by atoms with E-state index in [2.05, 4.69) is 15.2 Å². The Kier molecular flexibility index (Phi) is 5.99. The molecular weight excluding hydrogens is 385 g/mol. The van der Waals surface area contributed by atoms with E-state index >= 15 is 0 Å². The third kappa shape index (κ3) is 4.31. The van der Waals surface area contributed by atoms with Crippen LogP contribution in [0.15, 0.2) is 54.7 Å². The van der Waals surface area contributed by atoms with Gasteiger partial charge in [0.25, 0.3) is 0 Å². The van der Waals surface area contributed by atoms with Crippen LogP contribution < -0.4 is 19.7 Å². The van der Waals surface area contributed by atoms with Gasteiger partial charge >= 0.3 is 0 Å². The number of aromatic nitrogens is 1. The second-order valence-corrected chi connectivity index (χ2v) is 6.89. The summed E-state index contributed by atoms with van der Waals surface area (Å²) in [6, 6.07) is 14.1. The minimum Gasteiger partial charge on any atom is -0.496 e. The molecule has 7 heteroatoms. The molecule has 2 heterocycles. The molecule has 2 aromatic carbocycles.